The topological polar surface area (TPSA) is 52.9 Å². The minimum atomic E-state index is -0.0170. The van der Waals surface area contributed by atoms with Gasteiger partial charge in [-0.15, -0.1) is 0 Å². The van der Waals surface area contributed by atoms with Crippen LogP contribution in [0.15, 0.2) is 58.3 Å². The molecule has 1 saturated carbocycles. The SMILES string of the molecule is CC1CCCC(NC(=O)c2ccccc2Sc2ccccc2C#N)C1. The number of amides is 1. The number of hydrogen-bond donors (Lipinski definition) is 1. The van der Waals surface area contributed by atoms with E-state index in [1.807, 2.05) is 42.5 Å². The van der Waals surface area contributed by atoms with Crippen LogP contribution in [0.1, 0.15) is 48.5 Å². The van der Waals surface area contributed by atoms with Gasteiger partial charge in [0.25, 0.3) is 5.91 Å². The van der Waals surface area contributed by atoms with Crippen molar-refractivity contribution < 1.29 is 4.79 Å². The summed E-state index contributed by atoms with van der Waals surface area (Å²) < 4.78 is 0. The van der Waals surface area contributed by atoms with E-state index in [2.05, 4.69) is 18.3 Å². The highest BCUT2D eigenvalue weighted by Gasteiger charge is 2.22. The van der Waals surface area contributed by atoms with Crippen LogP contribution in [0.4, 0.5) is 0 Å². The maximum absolute atomic E-state index is 12.8. The van der Waals surface area contributed by atoms with E-state index >= 15 is 0 Å². The number of nitrogens with zero attached hydrogens (tertiary/aromatic N) is 1. The second-order valence-electron chi connectivity index (χ2n) is 6.65. The minimum absolute atomic E-state index is 0.0170. The van der Waals surface area contributed by atoms with Crippen molar-refractivity contribution in [3.63, 3.8) is 0 Å². The zero-order valence-corrected chi connectivity index (χ0v) is 15.2. The van der Waals surface area contributed by atoms with Gasteiger partial charge in [-0.2, -0.15) is 5.26 Å². The lowest BCUT2D eigenvalue weighted by atomic mass is 9.87. The van der Waals surface area contributed by atoms with E-state index in [4.69, 9.17) is 0 Å². The standard InChI is InChI=1S/C21H22N2OS/c1-15-7-6-9-17(13-15)23-21(24)18-10-3-5-12-20(18)25-19-11-4-2-8-16(19)14-22/h2-5,8,10-12,15,17H,6-7,9,13H2,1H3,(H,23,24). The first kappa shape index (κ1) is 17.6. The molecule has 4 heteroatoms. The van der Waals surface area contributed by atoms with E-state index in [-0.39, 0.29) is 11.9 Å². The average Bonchev–Trinajstić information content (AvgIpc) is 2.62. The summed E-state index contributed by atoms with van der Waals surface area (Å²) in [4.78, 5) is 14.5. The van der Waals surface area contributed by atoms with Gasteiger partial charge in [-0.25, -0.2) is 0 Å². The number of carbonyl (C=O) groups is 1. The molecular formula is C21H22N2OS. The third kappa shape index (κ3) is 4.43. The summed E-state index contributed by atoms with van der Waals surface area (Å²) in [5.41, 5.74) is 1.31. The highest BCUT2D eigenvalue weighted by Crippen LogP contribution is 2.33. The summed E-state index contributed by atoms with van der Waals surface area (Å²) in [6.07, 6.45) is 4.54. The molecule has 2 atom stereocenters. The maximum atomic E-state index is 12.8. The van der Waals surface area contributed by atoms with Crippen molar-refractivity contribution in [1.82, 2.24) is 5.32 Å². The largest absolute Gasteiger partial charge is 0.349 e. The van der Waals surface area contributed by atoms with Crippen LogP contribution in [0, 0.1) is 17.2 Å². The molecule has 2 unspecified atom stereocenters. The second kappa shape index (κ2) is 8.22. The molecule has 0 aliphatic heterocycles. The molecule has 3 rings (SSSR count). The van der Waals surface area contributed by atoms with Gasteiger partial charge >= 0.3 is 0 Å². The Morgan fingerprint density at radius 2 is 1.84 bits per heavy atom. The summed E-state index contributed by atoms with van der Waals surface area (Å²) in [7, 11) is 0. The number of nitrogens with one attached hydrogen (secondary N) is 1. The van der Waals surface area contributed by atoms with Crippen molar-refractivity contribution in [2.24, 2.45) is 5.92 Å². The molecule has 128 valence electrons. The molecule has 0 saturated heterocycles. The molecule has 25 heavy (non-hydrogen) atoms. The van der Waals surface area contributed by atoms with Crippen LogP contribution in [-0.4, -0.2) is 11.9 Å². The molecule has 1 fully saturated rings. The van der Waals surface area contributed by atoms with Crippen LogP contribution in [0.25, 0.3) is 0 Å². The normalized spacial score (nSPS) is 19.8. The van der Waals surface area contributed by atoms with Gasteiger partial charge in [-0.3, -0.25) is 4.79 Å². The summed E-state index contributed by atoms with van der Waals surface area (Å²) in [5.74, 6) is 0.655. The summed E-state index contributed by atoms with van der Waals surface area (Å²) >= 11 is 1.47. The highest BCUT2D eigenvalue weighted by atomic mass is 32.2. The van der Waals surface area contributed by atoms with Crippen molar-refractivity contribution in [2.45, 2.75) is 48.4 Å². The van der Waals surface area contributed by atoms with E-state index in [0.717, 1.165) is 22.6 Å². The van der Waals surface area contributed by atoms with E-state index < -0.39 is 0 Å². The molecule has 3 nitrogen and oxygen atoms in total. The number of hydrogen-bond acceptors (Lipinski definition) is 3. The number of nitriles is 1. The predicted octanol–water partition coefficient (Wildman–Crippen LogP) is 5.02. The number of benzene rings is 2. The molecule has 2 aromatic carbocycles. The molecule has 1 N–H and O–H groups in total. The van der Waals surface area contributed by atoms with Crippen LogP contribution in [0.5, 0.6) is 0 Å². The van der Waals surface area contributed by atoms with Gasteiger partial charge in [-0.05, 0) is 43.0 Å². The van der Waals surface area contributed by atoms with Crippen molar-refractivity contribution in [1.29, 1.82) is 5.26 Å². The van der Waals surface area contributed by atoms with Crippen LogP contribution in [0.3, 0.4) is 0 Å². The van der Waals surface area contributed by atoms with Crippen molar-refractivity contribution in [3.05, 3.63) is 59.7 Å². The lowest BCUT2D eigenvalue weighted by Gasteiger charge is -2.27. The van der Waals surface area contributed by atoms with E-state index in [0.29, 0.717) is 17.0 Å². The van der Waals surface area contributed by atoms with E-state index in [1.165, 1.54) is 24.6 Å². The Labute approximate surface area is 153 Å². The van der Waals surface area contributed by atoms with Crippen molar-refractivity contribution in [2.75, 3.05) is 0 Å². The first-order chi connectivity index (χ1) is 12.2. The first-order valence-electron chi connectivity index (χ1n) is 8.74. The fourth-order valence-electron chi connectivity index (χ4n) is 3.34. The predicted molar refractivity (Wildman–Crippen MR) is 101 cm³/mol. The summed E-state index contributed by atoms with van der Waals surface area (Å²) in [6, 6.07) is 17.6. The molecule has 1 amide bonds. The molecule has 0 aromatic heterocycles. The quantitative estimate of drug-likeness (QED) is 0.842. The zero-order chi connectivity index (χ0) is 17.6. The zero-order valence-electron chi connectivity index (χ0n) is 14.4. The first-order valence-corrected chi connectivity index (χ1v) is 9.56. The molecule has 0 heterocycles. The van der Waals surface area contributed by atoms with Gasteiger partial charge < -0.3 is 5.32 Å². The number of carbonyl (C=O) groups excluding carboxylic acids is 1. The fraction of sp³-hybridized carbons (Fsp3) is 0.333. The maximum Gasteiger partial charge on any atom is 0.252 e. The lowest BCUT2D eigenvalue weighted by Crippen LogP contribution is -2.38. The molecule has 1 aliphatic carbocycles. The smallest absolute Gasteiger partial charge is 0.252 e. The highest BCUT2D eigenvalue weighted by molar-refractivity contribution is 7.99. The van der Waals surface area contributed by atoms with Gasteiger partial charge in [0, 0.05) is 15.8 Å². The van der Waals surface area contributed by atoms with Crippen molar-refractivity contribution in [3.8, 4) is 6.07 Å². The van der Waals surface area contributed by atoms with Gasteiger partial charge in [0.2, 0.25) is 0 Å². The summed E-state index contributed by atoms with van der Waals surface area (Å²) in [6.45, 7) is 2.25. The molecule has 2 aromatic rings. The van der Waals surface area contributed by atoms with Gasteiger partial charge in [-0.1, -0.05) is 55.8 Å². The molecule has 0 bridgehead atoms. The monoisotopic (exact) mass is 350 g/mol. The molecule has 0 spiro atoms. The van der Waals surface area contributed by atoms with Gasteiger partial charge in [0.1, 0.15) is 6.07 Å². The third-order valence-corrected chi connectivity index (χ3v) is 5.78. The fourth-order valence-corrected chi connectivity index (χ4v) is 4.36. The Hall–Kier alpha value is -2.25. The Bertz CT molecular complexity index is 796. The van der Waals surface area contributed by atoms with Gasteiger partial charge in [0.05, 0.1) is 11.1 Å². The van der Waals surface area contributed by atoms with Crippen LogP contribution in [-0.2, 0) is 0 Å². The Balaban J connectivity index is 1.78. The number of rotatable bonds is 4. The van der Waals surface area contributed by atoms with E-state index in [9.17, 15) is 10.1 Å². The van der Waals surface area contributed by atoms with Crippen LogP contribution >= 0.6 is 11.8 Å². The Kier molecular flexibility index (Phi) is 5.78. The minimum Gasteiger partial charge on any atom is -0.349 e. The van der Waals surface area contributed by atoms with Crippen LogP contribution in [0.2, 0.25) is 0 Å². The van der Waals surface area contributed by atoms with E-state index in [1.54, 1.807) is 6.07 Å². The van der Waals surface area contributed by atoms with Gasteiger partial charge in [0.15, 0.2) is 0 Å². The molecule has 0 radical (unpaired) electrons. The van der Waals surface area contributed by atoms with Crippen molar-refractivity contribution >= 4 is 17.7 Å². The molecule has 1 aliphatic rings. The lowest BCUT2D eigenvalue weighted by molar-refractivity contribution is 0.0918. The Morgan fingerprint density at radius 3 is 2.60 bits per heavy atom. The third-order valence-electron chi connectivity index (χ3n) is 4.63. The summed E-state index contributed by atoms with van der Waals surface area (Å²) in [5, 5.41) is 12.5. The molecular weight excluding hydrogens is 328 g/mol. The average molecular weight is 350 g/mol. The second-order valence-corrected chi connectivity index (χ2v) is 7.73. The Morgan fingerprint density at radius 1 is 1.12 bits per heavy atom. The van der Waals surface area contributed by atoms with Crippen LogP contribution < -0.4 is 5.32 Å².